The van der Waals surface area contributed by atoms with Gasteiger partial charge in [-0.25, -0.2) is 4.98 Å². The summed E-state index contributed by atoms with van der Waals surface area (Å²) in [5.41, 5.74) is 36.6. The Morgan fingerprint density at radius 1 is 0.424 bits per heavy atom. The van der Waals surface area contributed by atoms with E-state index >= 15 is 14.4 Å². The number of carbonyl (C=O) groups excluding carboxylic acids is 15. The van der Waals surface area contributed by atoms with Gasteiger partial charge in [0.25, 0.3) is 0 Å². The summed E-state index contributed by atoms with van der Waals surface area (Å²) in [4.78, 5) is 223. The highest BCUT2D eigenvalue weighted by atomic mass is 16.5. The van der Waals surface area contributed by atoms with Gasteiger partial charge in [-0.3, -0.25) is 88.1 Å². The first kappa shape index (κ1) is 105. The molecule has 32 N–H and O–H groups in total. The molecule has 0 unspecified atom stereocenters. The number of hydrogen-bond donors (Lipinski definition) is 26. The number of nitrogens with zero attached hydrogens (tertiary/aromatic N) is 1. The number of esters is 2. The van der Waals surface area contributed by atoms with E-state index < -0.39 is 221 Å². The molecule has 7 rings (SSSR count). The second-order valence-electron chi connectivity index (χ2n) is 33.3. The molecule has 1 aromatic heterocycles. The van der Waals surface area contributed by atoms with Crippen LogP contribution < -0.4 is 109 Å². The molecule has 18 atom stereocenters. The van der Waals surface area contributed by atoms with Crippen molar-refractivity contribution in [2.45, 2.75) is 211 Å². The Morgan fingerprint density at radius 3 is 1.25 bits per heavy atom. The highest BCUT2D eigenvalue weighted by Gasteiger charge is 2.63. The van der Waals surface area contributed by atoms with Crippen LogP contribution in [-0.4, -0.2) is 219 Å². The predicted molar refractivity (Wildman–Crippen MR) is 480 cm³/mol. The van der Waals surface area contributed by atoms with Crippen LogP contribution in [0.2, 0.25) is 0 Å². The van der Waals surface area contributed by atoms with Crippen molar-refractivity contribution >= 4 is 107 Å². The lowest BCUT2D eigenvalue weighted by molar-refractivity contribution is -0.148. The first-order valence-corrected chi connectivity index (χ1v) is 43.6. The number of amides is 13. The van der Waals surface area contributed by atoms with Gasteiger partial charge in [0.05, 0.1) is 60.2 Å². The second-order valence-corrected chi connectivity index (χ2v) is 33.3. The van der Waals surface area contributed by atoms with Gasteiger partial charge in [-0.05, 0) is 109 Å². The SMILES string of the molecule is CC[C@H](C)[C@H](NC(=O)[C@H](CC(C)C)NC(=O)[C@H](CC(N)=O)NC(=O)[C@@H](NC(=O)[C@H](Cc1ccc(O)cc1)NC(=O)[C@H](Cc1c[nH]cn1)NC(=O)[C@@H](N)CCCNC(=N)N)[C@@H](C)CC)C(=O)N[C@H]1[C@H](C(=O)N[C@@H](CCCNC(=N)N)C(=O)N[C@H]2[C@H](C(=O)N[C@@H](CCCNC(=N)N)C(=O)N[C@@H](Cc3ccc(O)cc3)C(N)=O)[C@H]2C(=O)OCc2ccccc2)[C@H]1C(=O)OCc1ccccc1. The molecule has 0 aliphatic heterocycles. The second kappa shape index (κ2) is 51.6. The van der Waals surface area contributed by atoms with Gasteiger partial charge >= 0.3 is 11.9 Å². The first-order chi connectivity index (χ1) is 62.7. The summed E-state index contributed by atoms with van der Waals surface area (Å²) in [7, 11) is 0. The molecule has 5 aromatic rings. The molecule has 0 spiro atoms. The summed E-state index contributed by atoms with van der Waals surface area (Å²) in [6.07, 6.45) is 1.77. The lowest BCUT2D eigenvalue weighted by Crippen LogP contribution is -2.62. The normalized spacial score (nSPS) is 17.9. The number of phenolic OH excluding ortho intramolecular Hbond substituents is 2. The molecular weight excluding hydrogens is 1710 g/mol. The number of hydrogen-bond acceptors (Lipinski definition) is 24. The fourth-order valence-corrected chi connectivity index (χ4v) is 14.6. The van der Waals surface area contributed by atoms with Gasteiger partial charge < -0.3 is 134 Å². The summed E-state index contributed by atoms with van der Waals surface area (Å²) < 4.78 is 11.5. The fourth-order valence-electron chi connectivity index (χ4n) is 14.6. The smallest absolute Gasteiger partial charge is 0.312 e. The quantitative estimate of drug-likeness (QED) is 0.00788. The van der Waals surface area contributed by atoms with Crippen LogP contribution in [0.5, 0.6) is 11.5 Å². The summed E-state index contributed by atoms with van der Waals surface area (Å²) in [5.74, 6) is -23.6. The summed E-state index contributed by atoms with van der Waals surface area (Å²) in [6.45, 7) is 9.65. The van der Waals surface area contributed by atoms with E-state index in [1.165, 1.54) is 61.1 Å². The van der Waals surface area contributed by atoms with Gasteiger partial charge in [0.2, 0.25) is 76.8 Å². The van der Waals surface area contributed by atoms with Gasteiger partial charge in [-0.2, -0.15) is 0 Å². The van der Waals surface area contributed by atoms with Crippen LogP contribution in [-0.2, 0) is 114 Å². The maximum atomic E-state index is 15.1. The highest BCUT2D eigenvalue weighted by molar-refractivity contribution is 6.02. The van der Waals surface area contributed by atoms with E-state index in [9.17, 15) is 67.7 Å². The minimum absolute atomic E-state index is 0.00365. The largest absolute Gasteiger partial charge is 0.508 e. The Kier molecular flexibility index (Phi) is 40.9. The zero-order valence-corrected chi connectivity index (χ0v) is 74.5. The van der Waals surface area contributed by atoms with Crippen molar-refractivity contribution in [3.63, 3.8) is 0 Å². The number of ether oxygens (including phenoxy) is 2. The fraction of sp³-hybridized carbons (Fsp3) is 0.489. The Hall–Kier alpha value is -14.5. The van der Waals surface area contributed by atoms with Crippen molar-refractivity contribution in [2.24, 2.45) is 75.8 Å². The Morgan fingerprint density at radius 2 is 0.811 bits per heavy atom. The molecular formula is C88H125N25O19. The highest BCUT2D eigenvalue weighted by Crippen LogP contribution is 2.43. The van der Waals surface area contributed by atoms with Crippen LogP contribution in [0.15, 0.2) is 122 Å². The molecule has 2 aliphatic carbocycles. The standard InChI is InChI=1S/C88H125N25O19/c1-7-46(5)68(110-79(124)60(38-49-27-31-54(115)32-28-49)108-76(121)61(39-52-41-98-44-102-52)106-73(118)55(89)22-15-33-99-86(92)93)82(127)109-62(40-63(90)116)77(122)107-59(36-45(3)4)78(123)111-69(47(6)8-2)83(128)113-71-65(67(71)85(130)132-43-51-20-13-10-14-21-51)81(126)104-57(24-17-35-101-88(96)97)75(120)112-70-64(66(70)84(129)131-42-50-18-11-9-12-19-50)80(125)103-56(23-16-34-100-87(94)95)74(119)105-58(72(91)117)37-48-25-29-53(114)30-26-48/h9-14,18-21,25-32,41,44-47,55-62,64-71,114-115H,7-8,15-17,22-24,33-40,42-43,89H2,1-6H3,(H2,90,116)(H2,91,117)(H,98,102)(H,103,125)(H,104,126)(H,105,119)(H,106,118)(H,107,122)(H,108,121)(H,109,127)(H,110,124)(H,111,123)(H,112,120)(H,113,128)(H4,92,93,99)(H4,94,95,100)(H4,96,97,101)/t46-,47-,55-,56-,57-,58-,59-,60-,61-,62-,64+,65+,66+,67+,68-,69-,70-,71-/m0/s1. The summed E-state index contributed by atoms with van der Waals surface area (Å²) >= 11 is 0. The number of phenols is 2. The summed E-state index contributed by atoms with van der Waals surface area (Å²) in [6, 6.07) is 10.5. The lowest BCUT2D eigenvalue weighted by Gasteiger charge is -2.30. The van der Waals surface area contributed by atoms with E-state index in [-0.39, 0.29) is 121 Å². The molecule has 44 heteroatoms. The minimum atomic E-state index is -1.84. The molecule has 2 aliphatic rings. The average molecular weight is 1840 g/mol. The molecule has 0 radical (unpaired) electrons. The maximum Gasteiger partial charge on any atom is 0.312 e. The Labute approximate surface area is 762 Å². The van der Waals surface area contributed by atoms with E-state index in [0.29, 0.717) is 34.4 Å². The number of H-pyrrole nitrogens is 1. The molecule has 132 heavy (non-hydrogen) atoms. The molecule has 4 aromatic carbocycles. The molecule has 716 valence electrons. The number of aromatic hydroxyl groups is 2. The number of aromatic amines is 1. The number of rotatable bonds is 55. The molecule has 13 amide bonds. The maximum absolute atomic E-state index is 15.1. The van der Waals surface area contributed by atoms with Crippen LogP contribution in [0.4, 0.5) is 0 Å². The van der Waals surface area contributed by atoms with Gasteiger partial charge in [-0.1, -0.05) is 139 Å². The molecule has 2 saturated carbocycles. The third-order valence-corrected chi connectivity index (χ3v) is 22.4. The molecule has 44 nitrogen and oxygen atoms in total. The number of benzene rings is 4. The third-order valence-electron chi connectivity index (χ3n) is 22.4. The molecule has 0 saturated heterocycles. The number of carbonyl (C=O) groups is 15. The zero-order valence-electron chi connectivity index (χ0n) is 74.5. The molecule has 1 heterocycles. The van der Waals surface area contributed by atoms with Gasteiger partial charge in [0, 0.05) is 45.1 Å². The first-order valence-electron chi connectivity index (χ1n) is 43.6. The predicted octanol–water partition coefficient (Wildman–Crippen LogP) is -3.22. The molecule has 0 bridgehead atoms. The monoisotopic (exact) mass is 1840 g/mol. The van der Waals surface area contributed by atoms with Crippen molar-refractivity contribution in [3.8, 4) is 11.5 Å². The van der Waals surface area contributed by atoms with Crippen molar-refractivity contribution in [1.82, 2.24) is 84.4 Å². The average Bonchev–Trinajstić information content (AvgIpc) is 1.59. The Balaban J connectivity index is 1.12. The third kappa shape index (κ3) is 33.9. The van der Waals surface area contributed by atoms with Crippen LogP contribution >= 0.6 is 0 Å². The van der Waals surface area contributed by atoms with Crippen molar-refractivity contribution in [2.75, 3.05) is 19.6 Å². The lowest BCUT2D eigenvalue weighted by atomic mass is 9.96. The zero-order chi connectivity index (χ0) is 97.0. The van der Waals surface area contributed by atoms with E-state index in [1.807, 2.05) is 0 Å². The van der Waals surface area contributed by atoms with Gasteiger partial charge in [0.1, 0.15) is 79.1 Å². The topological polar surface area (TPSA) is 740 Å². The van der Waals surface area contributed by atoms with Crippen LogP contribution in [0.25, 0.3) is 0 Å². The van der Waals surface area contributed by atoms with E-state index in [2.05, 4.69) is 84.4 Å². The number of nitrogens with one attached hydrogen (secondary N) is 18. The number of primary amides is 2. The number of guanidine groups is 3. The number of imidazole rings is 1. The summed E-state index contributed by atoms with van der Waals surface area (Å²) in [5, 5.41) is 79.9. The van der Waals surface area contributed by atoms with Crippen molar-refractivity contribution < 1.29 is 91.6 Å². The number of aromatic nitrogens is 2. The van der Waals surface area contributed by atoms with Crippen LogP contribution in [0.3, 0.4) is 0 Å². The molecule has 2 fully saturated rings. The van der Waals surface area contributed by atoms with Crippen molar-refractivity contribution in [1.29, 1.82) is 16.2 Å². The van der Waals surface area contributed by atoms with Crippen LogP contribution in [0, 0.1) is 57.7 Å². The number of nitrogens with two attached hydrogens (primary N) is 6. The van der Waals surface area contributed by atoms with Crippen LogP contribution in [0.1, 0.15) is 134 Å². The van der Waals surface area contributed by atoms with Gasteiger partial charge in [-0.15, -0.1) is 0 Å². The van der Waals surface area contributed by atoms with E-state index in [4.69, 9.17) is 60.1 Å². The van der Waals surface area contributed by atoms with Gasteiger partial charge in [0.15, 0.2) is 17.9 Å². The van der Waals surface area contributed by atoms with Crippen molar-refractivity contribution in [3.05, 3.63) is 150 Å². The minimum Gasteiger partial charge on any atom is -0.508 e. The van der Waals surface area contributed by atoms with E-state index in [1.54, 1.807) is 102 Å². The van der Waals surface area contributed by atoms with E-state index in [0.717, 1.165) is 0 Å². The Bertz CT molecular complexity index is 4800.